The van der Waals surface area contributed by atoms with Crippen LogP contribution < -0.4 is 11.3 Å². The maximum atomic E-state index is 5.20. The van der Waals surface area contributed by atoms with Crippen LogP contribution in [0.2, 0.25) is 0 Å². The number of aromatic amines is 1. The number of nitrogens with one attached hydrogen (secondary N) is 2. The lowest BCUT2D eigenvalue weighted by Gasteiger charge is -1.88. The fourth-order valence-electron chi connectivity index (χ4n) is 1.07. The molecule has 0 unspecified atom stereocenters. The summed E-state index contributed by atoms with van der Waals surface area (Å²) in [6.07, 6.45) is 0. The molecule has 0 saturated carbocycles. The van der Waals surface area contributed by atoms with Crippen molar-refractivity contribution >= 4 is 32.9 Å². The van der Waals surface area contributed by atoms with Crippen LogP contribution in [0.4, 0.5) is 5.95 Å². The number of rotatable bonds is 1. The Labute approximate surface area is 77.3 Å². The molecule has 0 spiro atoms. The normalized spacial score (nSPS) is 10.5. The average molecular weight is 227 g/mol. The van der Waals surface area contributed by atoms with Crippen LogP contribution in [0.3, 0.4) is 0 Å². The minimum atomic E-state index is 0.567. The number of hydrogen-bond acceptors (Lipinski definition) is 3. The van der Waals surface area contributed by atoms with E-state index in [0.29, 0.717) is 5.95 Å². The molecule has 0 fully saturated rings. The number of hydrogen-bond donors (Lipinski definition) is 3. The van der Waals surface area contributed by atoms with Gasteiger partial charge in [0.25, 0.3) is 0 Å². The topological polar surface area (TPSA) is 66.7 Å². The van der Waals surface area contributed by atoms with Crippen LogP contribution >= 0.6 is 15.9 Å². The van der Waals surface area contributed by atoms with Crippen molar-refractivity contribution in [2.24, 2.45) is 5.84 Å². The highest BCUT2D eigenvalue weighted by Crippen LogP contribution is 2.22. The number of halogens is 1. The van der Waals surface area contributed by atoms with E-state index in [4.69, 9.17) is 5.84 Å². The highest BCUT2D eigenvalue weighted by Gasteiger charge is 2.02. The molecule has 0 atom stereocenters. The molecule has 2 rings (SSSR count). The fraction of sp³-hybridized carbons (Fsp3) is 0. The Bertz CT molecular complexity index is 409. The summed E-state index contributed by atoms with van der Waals surface area (Å²) < 4.78 is 0.956. The van der Waals surface area contributed by atoms with Gasteiger partial charge in [0.15, 0.2) is 0 Å². The summed E-state index contributed by atoms with van der Waals surface area (Å²) in [5.74, 6) is 5.77. The van der Waals surface area contributed by atoms with Crippen molar-refractivity contribution < 1.29 is 0 Å². The first-order chi connectivity index (χ1) is 5.81. The number of anilines is 1. The van der Waals surface area contributed by atoms with Gasteiger partial charge >= 0.3 is 0 Å². The van der Waals surface area contributed by atoms with Gasteiger partial charge in [-0.2, -0.15) is 0 Å². The maximum Gasteiger partial charge on any atom is 0.215 e. The number of hydrazine groups is 1. The Hall–Kier alpha value is -1.07. The molecule has 0 aliphatic rings. The molecule has 1 aromatic heterocycles. The SMILES string of the molecule is NNc1nc2c(Br)cccc2[nH]1. The van der Waals surface area contributed by atoms with E-state index in [1.54, 1.807) is 0 Å². The van der Waals surface area contributed by atoms with Crippen molar-refractivity contribution in [2.75, 3.05) is 5.43 Å². The molecule has 0 radical (unpaired) electrons. The van der Waals surface area contributed by atoms with Crippen molar-refractivity contribution in [1.29, 1.82) is 0 Å². The smallest absolute Gasteiger partial charge is 0.215 e. The van der Waals surface area contributed by atoms with Gasteiger partial charge in [-0.15, -0.1) is 0 Å². The molecule has 4 nitrogen and oxygen atoms in total. The van der Waals surface area contributed by atoms with Gasteiger partial charge in [0, 0.05) is 4.47 Å². The Morgan fingerprint density at radius 3 is 3.00 bits per heavy atom. The fourth-order valence-corrected chi connectivity index (χ4v) is 1.52. The second kappa shape index (κ2) is 2.76. The number of nitrogens with two attached hydrogens (primary N) is 1. The highest BCUT2D eigenvalue weighted by molar-refractivity contribution is 9.10. The van der Waals surface area contributed by atoms with Crippen LogP contribution in [0.5, 0.6) is 0 Å². The molecule has 4 N–H and O–H groups in total. The van der Waals surface area contributed by atoms with Gasteiger partial charge in [-0.1, -0.05) is 6.07 Å². The molecule has 2 aromatic rings. The number of aromatic nitrogens is 2. The second-order valence-electron chi connectivity index (χ2n) is 2.37. The van der Waals surface area contributed by atoms with E-state index in [1.807, 2.05) is 18.2 Å². The van der Waals surface area contributed by atoms with Crippen LogP contribution in [0.25, 0.3) is 11.0 Å². The lowest BCUT2D eigenvalue weighted by molar-refractivity contribution is 1.21. The molecule has 5 heteroatoms. The van der Waals surface area contributed by atoms with Crippen LogP contribution in [0.15, 0.2) is 22.7 Å². The van der Waals surface area contributed by atoms with Gasteiger partial charge in [-0.05, 0) is 28.1 Å². The summed E-state index contributed by atoms with van der Waals surface area (Å²) >= 11 is 3.39. The first-order valence-electron chi connectivity index (χ1n) is 3.42. The Kier molecular flexibility index (Phi) is 1.74. The number of imidazole rings is 1. The molecule has 62 valence electrons. The molecular weight excluding hydrogens is 220 g/mol. The molecule has 0 aliphatic carbocycles. The van der Waals surface area contributed by atoms with E-state index in [9.17, 15) is 0 Å². The van der Waals surface area contributed by atoms with E-state index >= 15 is 0 Å². The van der Waals surface area contributed by atoms with Gasteiger partial charge in [0.1, 0.15) is 5.52 Å². The third-order valence-electron chi connectivity index (χ3n) is 1.60. The van der Waals surface area contributed by atoms with Crippen molar-refractivity contribution in [2.45, 2.75) is 0 Å². The molecule has 1 aromatic carbocycles. The summed E-state index contributed by atoms with van der Waals surface area (Å²) in [5.41, 5.74) is 4.29. The van der Waals surface area contributed by atoms with Crippen LogP contribution in [0, 0.1) is 0 Å². The van der Waals surface area contributed by atoms with E-state index in [1.165, 1.54) is 0 Å². The quantitative estimate of drug-likeness (QED) is 0.512. The zero-order chi connectivity index (χ0) is 8.55. The summed E-state index contributed by atoms with van der Waals surface area (Å²) in [7, 11) is 0. The summed E-state index contributed by atoms with van der Waals surface area (Å²) in [6, 6.07) is 5.81. The van der Waals surface area contributed by atoms with E-state index in [-0.39, 0.29) is 0 Å². The summed E-state index contributed by atoms with van der Waals surface area (Å²) in [5, 5.41) is 0. The van der Waals surface area contributed by atoms with Crippen LogP contribution in [-0.4, -0.2) is 9.97 Å². The van der Waals surface area contributed by atoms with Gasteiger partial charge in [-0.25, -0.2) is 10.8 Å². The zero-order valence-corrected chi connectivity index (χ0v) is 7.72. The maximum absolute atomic E-state index is 5.20. The Morgan fingerprint density at radius 2 is 2.33 bits per heavy atom. The van der Waals surface area contributed by atoms with E-state index in [2.05, 4.69) is 31.3 Å². The summed E-state index contributed by atoms with van der Waals surface area (Å²) in [4.78, 5) is 7.20. The highest BCUT2D eigenvalue weighted by atomic mass is 79.9. The van der Waals surface area contributed by atoms with Crippen molar-refractivity contribution in [3.63, 3.8) is 0 Å². The number of nitrogen functional groups attached to an aromatic ring is 1. The second-order valence-corrected chi connectivity index (χ2v) is 3.22. The van der Waals surface area contributed by atoms with Crippen molar-refractivity contribution in [1.82, 2.24) is 9.97 Å². The van der Waals surface area contributed by atoms with Crippen molar-refractivity contribution in [3.05, 3.63) is 22.7 Å². The first-order valence-corrected chi connectivity index (χ1v) is 4.21. The number of H-pyrrole nitrogens is 1. The number of para-hydroxylation sites is 1. The molecule has 0 amide bonds. The van der Waals surface area contributed by atoms with Gasteiger partial charge < -0.3 is 4.98 Å². The lowest BCUT2D eigenvalue weighted by atomic mass is 10.3. The first kappa shape index (κ1) is 7.57. The van der Waals surface area contributed by atoms with Crippen LogP contribution in [-0.2, 0) is 0 Å². The summed E-state index contributed by atoms with van der Waals surface area (Å²) in [6.45, 7) is 0. The van der Waals surface area contributed by atoms with E-state index < -0.39 is 0 Å². The molecular formula is C7H7BrN4. The minimum absolute atomic E-state index is 0.567. The monoisotopic (exact) mass is 226 g/mol. The average Bonchev–Trinajstić information content (AvgIpc) is 2.49. The molecule has 1 heterocycles. The lowest BCUT2D eigenvalue weighted by Crippen LogP contribution is -2.07. The standard InChI is InChI=1S/C7H7BrN4/c8-4-2-1-3-5-6(4)11-7(10-5)12-9/h1-3H,9H2,(H2,10,11,12). The predicted molar refractivity (Wildman–Crippen MR) is 51.6 cm³/mol. The number of benzene rings is 1. The van der Waals surface area contributed by atoms with Gasteiger partial charge in [0.05, 0.1) is 5.52 Å². The van der Waals surface area contributed by atoms with E-state index in [0.717, 1.165) is 15.5 Å². The zero-order valence-electron chi connectivity index (χ0n) is 6.13. The Morgan fingerprint density at radius 1 is 1.50 bits per heavy atom. The molecule has 0 saturated heterocycles. The molecule has 12 heavy (non-hydrogen) atoms. The molecule has 0 aliphatic heterocycles. The van der Waals surface area contributed by atoms with Gasteiger partial charge in [-0.3, -0.25) is 5.43 Å². The number of nitrogens with zero attached hydrogens (tertiary/aromatic N) is 1. The third-order valence-corrected chi connectivity index (χ3v) is 2.24. The van der Waals surface area contributed by atoms with Crippen molar-refractivity contribution in [3.8, 4) is 0 Å². The molecule has 0 bridgehead atoms. The predicted octanol–water partition coefficient (Wildman–Crippen LogP) is 1.61. The van der Waals surface area contributed by atoms with Gasteiger partial charge in [0.2, 0.25) is 5.95 Å². The Balaban J connectivity index is 2.74. The van der Waals surface area contributed by atoms with Crippen LogP contribution in [0.1, 0.15) is 0 Å². The number of fused-ring (bicyclic) bond motifs is 1. The minimum Gasteiger partial charge on any atom is -0.323 e. The third kappa shape index (κ3) is 1.07. The largest absolute Gasteiger partial charge is 0.323 e.